The first kappa shape index (κ1) is 17.2. The van der Waals surface area contributed by atoms with Gasteiger partial charge in [0.25, 0.3) is 0 Å². The van der Waals surface area contributed by atoms with Gasteiger partial charge in [0.2, 0.25) is 5.90 Å². The summed E-state index contributed by atoms with van der Waals surface area (Å²) in [6.07, 6.45) is 5.43. The molecule has 132 valence electrons. The van der Waals surface area contributed by atoms with E-state index in [0.717, 1.165) is 12.3 Å². The van der Waals surface area contributed by atoms with Crippen LogP contribution in [0.25, 0.3) is 0 Å². The van der Waals surface area contributed by atoms with Gasteiger partial charge in [0, 0.05) is 5.57 Å². The van der Waals surface area contributed by atoms with Crippen LogP contribution in [-0.4, -0.2) is 18.5 Å². The summed E-state index contributed by atoms with van der Waals surface area (Å²) in [5.41, 5.74) is 1.20. The number of ether oxygens (including phenoxy) is 1. The van der Waals surface area contributed by atoms with E-state index in [1.165, 1.54) is 21.5 Å². The number of hydrogen-bond donors (Lipinski definition) is 0. The predicted molar refractivity (Wildman–Crippen MR) is 112 cm³/mol. The van der Waals surface area contributed by atoms with Gasteiger partial charge in [0.1, 0.15) is 6.61 Å². The highest BCUT2D eigenvalue weighted by Gasteiger charge is 2.29. The lowest BCUT2D eigenvalue weighted by Crippen LogP contribution is -2.14. The van der Waals surface area contributed by atoms with Crippen molar-refractivity contribution in [2.75, 3.05) is 6.61 Å². The molecule has 0 N–H and O–H groups in total. The van der Waals surface area contributed by atoms with Gasteiger partial charge in [-0.15, -0.1) is 0 Å². The van der Waals surface area contributed by atoms with E-state index in [9.17, 15) is 0 Å². The van der Waals surface area contributed by atoms with E-state index in [1.807, 2.05) is 0 Å². The molecule has 1 atom stereocenters. The van der Waals surface area contributed by atoms with Crippen molar-refractivity contribution in [3.05, 3.63) is 83.7 Å². The van der Waals surface area contributed by atoms with Gasteiger partial charge in [-0.1, -0.05) is 86.7 Å². The molecule has 0 saturated heterocycles. The van der Waals surface area contributed by atoms with Crippen molar-refractivity contribution in [1.82, 2.24) is 0 Å². The minimum atomic E-state index is -0.581. The van der Waals surface area contributed by atoms with Crippen LogP contribution in [0.3, 0.4) is 0 Å². The van der Waals surface area contributed by atoms with Crippen LogP contribution >= 0.6 is 7.92 Å². The molecule has 1 heterocycles. The lowest BCUT2D eigenvalue weighted by molar-refractivity contribution is 0.292. The number of allylic oxidation sites excluding steroid dienone is 2. The van der Waals surface area contributed by atoms with Crippen molar-refractivity contribution >= 4 is 24.4 Å². The molecular formula is C23H24NOP. The third kappa shape index (κ3) is 3.39. The van der Waals surface area contributed by atoms with E-state index in [1.54, 1.807) is 0 Å². The van der Waals surface area contributed by atoms with Crippen LogP contribution in [0.2, 0.25) is 0 Å². The summed E-state index contributed by atoms with van der Waals surface area (Å²) >= 11 is 0. The second kappa shape index (κ2) is 7.60. The van der Waals surface area contributed by atoms with Crippen molar-refractivity contribution in [3.63, 3.8) is 0 Å². The quantitative estimate of drug-likeness (QED) is 0.702. The van der Waals surface area contributed by atoms with Gasteiger partial charge >= 0.3 is 0 Å². The summed E-state index contributed by atoms with van der Waals surface area (Å²) in [6, 6.07) is 22.0. The van der Waals surface area contributed by atoms with Crippen LogP contribution in [0.4, 0.5) is 0 Å². The first-order valence-corrected chi connectivity index (χ1v) is 10.6. The second-order valence-corrected chi connectivity index (χ2v) is 9.27. The van der Waals surface area contributed by atoms with Crippen molar-refractivity contribution < 1.29 is 4.74 Å². The third-order valence-electron chi connectivity index (χ3n) is 4.88. The van der Waals surface area contributed by atoms with Crippen LogP contribution in [0.1, 0.15) is 20.3 Å². The van der Waals surface area contributed by atoms with Gasteiger partial charge < -0.3 is 4.74 Å². The summed E-state index contributed by atoms with van der Waals surface area (Å²) in [6.45, 7) is 5.12. The van der Waals surface area contributed by atoms with Gasteiger partial charge in [-0.05, 0) is 36.2 Å². The maximum absolute atomic E-state index is 6.01. The molecule has 1 aliphatic carbocycles. The Kier molecular flexibility index (Phi) is 5.04. The minimum Gasteiger partial charge on any atom is -0.475 e. The standard InChI is InChI=1S/C23H24NOP/c1-17(2)21-16-25-23(24-21)20-14-9-15-22(20)26(18-10-5-3-6-11-18)19-12-7-4-8-13-19/h3-14,17,21H,15-16H2,1-2H3. The van der Waals surface area contributed by atoms with Gasteiger partial charge in [0.15, 0.2) is 0 Å². The molecule has 4 rings (SSSR count). The Labute approximate surface area is 157 Å². The molecule has 1 unspecified atom stereocenters. The van der Waals surface area contributed by atoms with Crippen molar-refractivity contribution in [3.8, 4) is 0 Å². The molecule has 2 aromatic carbocycles. The third-order valence-corrected chi connectivity index (χ3v) is 7.47. The van der Waals surface area contributed by atoms with Gasteiger partial charge in [0.05, 0.1) is 6.04 Å². The monoisotopic (exact) mass is 361 g/mol. The van der Waals surface area contributed by atoms with Crippen LogP contribution < -0.4 is 10.6 Å². The van der Waals surface area contributed by atoms with Gasteiger partial charge in [-0.2, -0.15) is 0 Å². The fraction of sp³-hybridized carbons (Fsp3) is 0.261. The minimum absolute atomic E-state index is 0.271. The van der Waals surface area contributed by atoms with Crippen LogP contribution in [0.15, 0.2) is 88.7 Å². The van der Waals surface area contributed by atoms with Crippen LogP contribution in [-0.2, 0) is 4.74 Å². The van der Waals surface area contributed by atoms with E-state index in [0.29, 0.717) is 12.5 Å². The number of hydrogen-bond acceptors (Lipinski definition) is 2. The molecule has 0 radical (unpaired) electrons. The summed E-state index contributed by atoms with van der Waals surface area (Å²) in [5.74, 6) is 1.35. The topological polar surface area (TPSA) is 21.6 Å². The summed E-state index contributed by atoms with van der Waals surface area (Å²) in [7, 11) is -0.581. The molecule has 0 fully saturated rings. The molecule has 0 amide bonds. The highest BCUT2D eigenvalue weighted by atomic mass is 31.1. The fourth-order valence-corrected chi connectivity index (χ4v) is 5.96. The van der Waals surface area contributed by atoms with E-state index in [4.69, 9.17) is 9.73 Å². The lowest BCUT2D eigenvalue weighted by Gasteiger charge is -2.22. The first-order chi connectivity index (χ1) is 12.7. The molecule has 26 heavy (non-hydrogen) atoms. The zero-order valence-corrected chi connectivity index (χ0v) is 16.2. The number of benzene rings is 2. The van der Waals surface area contributed by atoms with Crippen LogP contribution in [0, 0.1) is 5.92 Å². The molecule has 2 aliphatic rings. The van der Waals surface area contributed by atoms with E-state index < -0.39 is 7.92 Å². The molecule has 2 nitrogen and oxygen atoms in total. The Morgan fingerprint density at radius 2 is 1.58 bits per heavy atom. The Morgan fingerprint density at radius 1 is 0.962 bits per heavy atom. The van der Waals surface area contributed by atoms with E-state index in [2.05, 4.69) is 86.7 Å². The van der Waals surface area contributed by atoms with E-state index in [-0.39, 0.29) is 6.04 Å². The fourth-order valence-electron chi connectivity index (χ4n) is 3.39. The highest BCUT2D eigenvalue weighted by molar-refractivity contribution is 7.76. The number of aliphatic imine (C=N–C) groups is 1. The summed E-state index contributed by atoms with van der Waals surface area (Å²) < 4.78 is 6.01. The zero-order valence-electron chi connectivity index (χ0n) is 15.3. The number of nitrogens with zero attached hydrogens (tertiary/aromatic N) is 1. The van der Waals surface area contributed by atoms with Crippen molar-refractivity contribution in [2.24, 2.45) is 10.9 Å². The Balaban J connectivity index is 1.79. The van der Waals surface area contributed by atoms with Crippen molar-refractivity contribution in [1.29, 1.82) is 0 Å². The molecule has 0 aromatic heterocycles. The second-order valence-electron chi connectivity index (χ2n) is 7.03. The maximum atomic E-state index is 6.01. The SMILES string of the molecule is CC(C)C1COC(C2=C(P(c3ccccc3)c3ccccc3)CC=C2)=N1. The smallest absolute Gasteiger partial charge is 0.216 e. The van der Waals surface area contributed by atoms with Gasteiger partial charge in [-0.25, -0.2) is 4.99 Å². The Hall–Kier alpha value is -2.18. The Bertz CT molecular complexity index is 813. The maximum Gasteiger partial charge on any atom is 0.216 e. The Morgan fingerprint density at radius 3 is 2.12 bits per heavy atom. The van der Waals surface area contributed by atoms with Crippen molar-refractivity contribution in [2.45, 2.75) is 26.3 Å². The van der Waals surface area contributed by atoms with Crippen LogP contribution in [0.5, 0.6) is 0 Å². The zero-order chi connectivity index (χ0) is 17.9. The molecule has 0 spiro atoms. The molecule has 2 aromatic rings. The largest absolute Gasteiger partial charge is 0.475 e. The normalized spacial score (nSPS) is 19.4. The average molecular weight is 361 g/mol. The molecule has 1 aliphatic heterocycles. The highest BCUT2D eigenvalue weighted by Crippen LogP contribution is 2.49. The molecule has 0 saturated carbocycles. The predicted octanol–water partition coefficient (Wildman–Crippen LogP) is 4.79. The van der Waals surface area contributed by atoms with E-state index >= 15 is 0 Å². The lowest BCUT2D eigenvalue weighted by atomic mass is 10.1. The first-order valence-electron chi connectivity index (χ1n) is 9.25. The molecule has 3 heteroatoms. The summed E-state index contributed by atoms with van der Waals surface area (Å²) in [5, 5.41) is 4.20. The molecule has 0 bridgehead atoms. The summed E-state index contributed by atoms with van der Waals surface area (Å²) in [4.78, 5) is 4.89. The average Bonchev–Trinajstić information content (AvgIpc) is 3.33. The van der Waals surface area contributed by atoms with Gasteiger partial charge in [-0.3, -0.25) is 0 Å². The number of rotatable bonds is 5. The molecular weight excluding hydrogens is 337 g/mol.